The Balaban J connectivity index is 2.11. The molecule has 0 amide bonds. The molecule has 0 radical (unpaired) electrons. The van der Waals surface area contributed by atoms with Gasteiger partial charge >= 0.3 is 5.97 Å². The van der Waals surface area contributed by atoms with Crippen LogP contribution in [0.25, 0.3) is 0 Å². The van der Waals surface area contributed by atoms with Gasteiger partial charge in [-0.2, -0.15) is 0 Å². The fourth-order valence-electron chi connectivity index (χ4n) is 3.29. The molecule has 0 spiro atoms. The zero-order chi connectivity index (χ0) is 16.4. The predicted octanol–water partition coefficient (Wildman–Crippen LogP) is 3.60. The first kappa shape index (κ1) is 15.6. The Kier molecular flexibility index (Phi) is 4.39. The molecule has 23 heavy (non-hydrogen) atoms. The number of halogens is 2. The number of likely N-dealkylation sites (tertiary alicyclic amines) is 1. The van der Waals surface area contributed by atoms with E-state index in [1.165, 1.54) is 18.2 Å². The monoisotopic (exact) mass is 317 g/mol. The third-order valence-electron chi connectivity index (χ3n) is 4.28. The van der Waals surface area contributed by atoms with E-state index < -0.39 is 29.7 Å². The van der Waals surface area contributed by atoms with Gasteiger partial charge in [0.15, 0.2) is 0 Å². The Hall–Kier alpha value is -2.27. The average molecular weight is 317 g/mol. The summed E-state index contributed by atoms with van der Waals surface area (Å²) in [6, 6.07) is 10.9. The fourth-order valence-corrected chi connectivity index (χ4v) is 3.29. The van der Waals surface area contributed by atoms with E-state index in [4.69, 9.17) is 0 Å². The molecule has 0 bridgehead atoms. The average Bonchev–Trinajstić information content (AvgIpc) is 2.99. The van der Waals surface area contributed by atoms with Gasteiger partial charge in [-0.15, -0.1) is 0 Å². The Morgan fingerprint density at radius 2 is 1.96 bits per heavy atom. The molecule has 2 atom stereocenters. The third-order valence-corrected chi connectivity index (χ3v) is 4.28. The number of nitrogens with zero attached hydrogens (tertiary/aromatic N) is 1. The molecule has 5 heteroatoms. The molecule has 2 aromatic rings. The van der Waals surface area contributed by atoms with E-state index in [2.05, 4.69) is 0 Å². The lowest BCUT2D eigenvalue weighted by atomic mass is 9.95. The molecule has 2 aromatic carbocycles. The second-order valence-corrected chi connectivity index (χ2v) is 5.71. The van der Waals surface area contributed by atoms with Crippen molar-refractivity contribution in [2.45, 2.75) is 24.9 Å². The lowest BCUT2D eigenvalue weighted by molar-refractivity contribution is -0.142. The highest BCUT2D eigenvalue weighted by Crippen LogP contribution is 2.36. The molecule has 1 heterocycles. The Bertz CT molecular complexity index is 720. The first-order chi connectivity index (χ1) is 11.1. The van der Waals surface area contributed by atoms with Crippen LogP contribution in [0, 0.1) is 11.6 Å². The van der Waals surface area contributed by atoms with Crippen molar-refractivity contribution in [1.29, 1.82) is 0 Å². The molecule has 0 aromatic heterocycles. The maximum atomic E-state index is 14.3. The molecular weight excluding hydrogens is 300 g/mol. The third kappa shape index (κ3) is 3.10. The van der Waals surface area contributed by atoms with E-state index in [-0.39, 0.29) is 0 Å². The number of benzene rings is 2. The summed E-state index contributed by atoms with van der Waals surface area (Å²) in [4.78, 5) is 13.3. The van der Waals surface area contributed by atoms with Gasteiger partial charge in [0.2, 0.25) is 0 Å². The topological polar surface area (TPSA) is 40.5 Å². The molecule has 1 aliphatic rings. The van der Waals surface area contributed by atoms with E-state index in [1.54, 1.807) is 35.2 Å². The summed E-state index contributed by atoms with van der Waals surface area (Å²) in [6.45, 7) is 0.534. The Morgan fingerprint density at radius 3 is 2.65 bits per heavy atom. The minimum Gasteiger partial charge on any atom is -0.480 e. The molecule has 1 saturated heterocycles. The van der Waals surface area contributed by atoms with Crippen molar-refractivity contribution in [3.63, 3.8) is 0 Å². The molecular formula is C18H17F2NO2. The van der Waals surface area contributed by atoms with Crippen LogP contribution in [-0.2, 0) is 4.79 Å². The summed E-state index contributed by atoms with van der Waals surface area (Å²) in [5.74, 6) is -1.77. The number of carboxylic acids is 1. The zero-order valence-electron chi connectivity index (χ0n) is 12.5. The fraction of sp³-hybridized carbons (Fsp3) is 0.278. The van der Waals surface area contributed by atoms with Crippen LogP contribution in [0.4, 0.5) is 8.78 Å². The maximum absolute atomic E-state index is 14.3. The van der Waals surface area contributed by atoms with E-state index in [9.17, 15) is 18.7 Å². The maximum Gasteiger partial charge on any atom is 0.320 e. The van der Waals surface area contributed by atoms with Gasteiger partial charge in [0.1, 0.15) is 17.7 Å². The predicted molar refractivity (Wildman–Crippen MR) is 82.0 cm³/mol. The van der Waals surface area contributed by atoms with Crippen molar-refractivity contribution < 1.29 is 18.7 Å². The van der Waals surface area contributed by atoms with Crippen molar-refractivity contribution in [3.05, 3.63) is 71.3 Å². The highest BCUT2D eigenvalue weighted by molar-refractivity contribution is 5.74. The van der Waals surface area contributed by atoms with Crippen LogP contribution >= 0.6 is 0 Å². The summed E-state index contributed by atoms with van der Waals surface area (Å²) in [7, 11) is 0. The highest BCUT2D eigenvalue weighted by atomic mass is 19.1. The van der Waals surface area contributed by atoms with Crippen molar-refractivity contribution in [1.82, 2.24) is 4.90 Å². The van der Waals surface area contributed by atoms with Crippen molar-refractivity contribution in [2.75, 3.05) is 6.54 Å². The van der Waals surface area contributed by atoms with Gasteiger partial charge in [-0.25, -0.2) is 8.78 Å². The van der Waals surface area contributed by atoms with Crippen LogP contribution in [0.1, 0.15) is 30.0 Å². The normalized spacial score (nSPS) is 19.7. The van der Waals surface area contributed by atoms with Crippen LogP contribution in [-0.4, -0.2) is 28.6 Å². The molecule has 2 unspecified atom stereocenters. The quantitative estimate of drug-likeness (QED) is 0.936. The number of carboxylic acid groups (broad SMARTS) is 1. The lowest BCUT2D eigenvalue weighted by Gasteiger charge is -2.32. The van der Waals surface area contributed by atoms with Crippen LogP contribution in [0.3, 0.4) is 0 Å². The highest BCUT2D eigenvalue weighted by Gasteiger charge is 2.37. The summed E-state index contributed by atoms with van der Waals surface area (Å²) in [6.07, 6.45) is 1.23. The lowest BCUT2D eigenvalue weighted by Crippen LogP contribution is -2.39. The summed E-state index contributed by atoms with van der Waals surface area (Å²) in [5.41, 5.74) is 0.925. The van der Waals surface area contributed by atoms with Crippen LogP contribution < -0.4 is 0 Å². The summed E-state index contributed by atoms with van der Waals surface area (Å²) < 4.78 is 28.0. The Labute approximate surface area is 133 Å². The zero-order valence-corrected chi connectivity index (χ0v) is 12.5. The number of aliphatic carboxylic acids is 1. The number of hydrogen-bond acceptors (Lipinski definition) is 2. The molecule has 0 saturated carbocycles. The number of carbonyl (C=O) groups is 1. The van der Waals surface area contributed by atoms with Crippen LogP contribution in [0.5, 0.6) is 0 Å². The first-order valence-corrected chi connectivity index (χ1v) is 7.56. The molecule has 3 nitrogen and oxygen atoms in total. The molecule has 120 valence electrons. The summed E-state index contributed by atoms with van der Waals surface area (Å²) >= 11 is 0. The number of rotatable bonds is 4. The van der Waals surface area contributed by atoms with Gasteiger partial charge in [-0.3, -0.25) is 9.69 Å². The van der Waals surface area contributed by atoms with Gasteiger partial charge in [0.25, 0.3) is 0 Å². The van der Waals surface area contributed by atoms with Gasteiger partial charge in [0.05, 0.1) is 6.04 Å². The van der Waals surface area contributed by atoms with Crippen molar-refractivity contribution in [2.24, 2.45) is 0 Å². The minimum atomic E-state index is -0.930. The van der Waals surface area contributed by atoms with E-state index >= 15 is 0 Å². The smallest absolute Gasteiger partial charge is 0.320 e. The van der Waals surface area contributed by atoms with Crippen molar-refractivity contribution in [3.8, 4) is 0 Å². The van der Waals surface area contributed by atoms with Gasteiger partial charge in [-0.05, 0) is 36.6 Å². The molecule has 1 aliphatic heterocycles. The minimum absolute atomic E-state index is 0.367. The second-order valence-electron chi connectivity index (χ2n) is 5.71. The van der Waals surface area contributed by atoms with Gasteiger partial charge in [0, 0.05) is 12.1 Å². The molecule has 1 N–H and O–H groups in total. The van der Waals surface area contributed by atoms with Crippen LogP contribution in [0.2, 0.25) is 0 Å². The SMILES string of the molecule is O=C(O)C1CCCN1C(c1cccc(F)c1)c1ccccc1F. The van der Waals surface area contributed by atoms with Crippen molar-refractivity contribution >= 4 is 5.97 Å². The van der Waals surface area contributed by atoms with Gasteiger partial charge in [-0.1, -0.05) is 30.3 Å². The number of hydrogen-bond donors (Lipinski definition) is 1. The first-order valence-electron chi connectivity index (χ1n) is 7.56. The summed E-state index contributed by atoms with van der Waals surface area (Å²) in [5, 5.41) is 9.44. The van der Waals surface area contributed by atoms with E-state index in [0.717, 1.165) is 6.42 Å². The molecule has 0 aliphatic carbocycles. The van der Waals surface area contributed by atoms with E-state index in [1.807, 2.05) is 0 Å². The molecule has 3 rings (SSSR count). The molecule has 1 fully saturated rings. The second kappa shape index (κ2) is 6.46. The standard InChI is InChI=1S/C18H17F2NO2/c19-13-6-3-5-12(11-13)17(14-7-1-2-8-15(14)20)21-10-4-9-16(21)18(22)23/h1-3,5-8,11,16-17H,4,9-10H2,(H,22,23). The largest absolute Gasteiger partial charge is 0.480 e. The van der Waals surface area contributed by atoms with Gasteiger partial charge < -0.3 is 5.11 Å². The van der Waals surface area contributed by atoms with Crippen LogP contribution in [0.15, 0.2) is 48.5 Å². The Morgan fingerprint density at radius 1 is 1.17 bits per heavy atom. The van der Waals surface area contributed by atoms with E-state index in [0.29, 0.717) is 24.1 Å².